The van der Waals surface area contributed by atoms with E-state index in [1.165, 1.54) is 60.3 Å². The number of aryl methyl sites for hydroxylation is 2. The van der Waals surface area contributed by atoms with Gasteiger partial charge < -0.3 is 60.2 Å². The Morgan fingerprint density at radius 2 is 0.845 bits per heavy atom. The number of carboxylic acid groups (broad SMARTS) is 1. The fraction of sp³-hybridized carbons (Fsp3) is 0.377. The van der Waals surface area contributed by atoms with Crippen LogP contribution in [0.15, 0.2) is 158 Å². The number of halogens is 5. The lowest BCUT2D eigenvalue weighted by atomic mass is 10.2. The molecule has 8 aromatic rings. The number of carboxylic acids is 1. The number of phenolic OH excluding ortho intramolecular Hbond substituents is 1. The number of hydrogen-bond donors (Lipinski definition) is 5. The average molecular weight is 1460 g/mol. The topological polar surface area (TPSA) is 237 Å². The monoisotopic (exact) mass is 1460 g/mol. The summed E-state index contributed by atoms with van der Waals surface area (Å²) >= 11 is 11.4. The first kappa shape index (κ1) is 80.9. The highest BCUT2D eigenvalue weighted by Crippen LogP contribution is 2.33. The molecule has 5 aromatic carbocycles. The Morgan fingerprint density at radius 1 is 0.485 bits per heavy atom. The number of pyridine rings is 3. The lowest BCUT2D eigenvalue weighted by molar-refractivity contribution is 0.0695. The van der Waals surface area contributed by atoms with Crippen LogP contribution in [0.5, 0.6) is 34.6 Å². The molecular formula is C77H95Cl2F3N12O9. The molecule has 0 radical (unpaired) electrons. The number of benzene rings is 5. The first-order valence-corrected chi connectivity index (χ1v) is 35.5. The molecule has 21 nitrogen and oxygen atoms in total. The normalized spacial score (nSPS) is 13.8. The number of rotatable bonds is 25. The standard InChI is InChI=1S/C28H33FN4O3.C21H26ClFN4O2.C15H24FN3O.C7H8O.C6H4ClNO2/c1-3-35-26-20-22(29)9-12-25(26)33-18-16-32(17-19-33)15-5-14-30-27(34)24-6-4-13-31-28(24)36-23-10-7-21(2)8-11-23;1-2-29-19-15-16(23)6-7-18(19)27-13-11-26(12-14-27)10-4-9-25-21(28)17-5-3-8-24-20(17)22;1-2-20-15-12-13(16)4-5-14(15)19-10-8-18(9-11-19)7-3-6-17;1-6-2-4-7(8)5-3-6;7-5-4(6(9)10)2-1-3-8-5/h4,6-13,20H,3,5,14-19H2,1-2H3,(H,30,34);3,5-8,15H,2,4,9-14H2,1H3,(H,25,28);4-5,12H,2-3,6-11,17H2,1H3;2-5,8H,1H3;1-3H,(H,9,10). The number of aromatic nitrogens is 3. The average Bonchev–Trinajstić information content (AvgIpc) is 0.842. The molecule has 3 fully saturated rings. The summed E-state index contributed by atoms with van der Waals surface area (Å²) in [5.41, 5.74) is 11.6. The number of carbonyl (C=O) groups is 3. The third kappa shape index (κ3) is 27.0. The molecule has 3 aromatic heterocycles. The molecule has 3 aliphatic heterocycles. The Kier molecular flexibility index (Phi) is 34.2. The number of anilines is 3. The number of piperazine rings is 3. The van der Waals surface area contributed by atoms with Crippen molar-refractivity contribution in [1.29, 1.82) is 0 Å². The summed E-state index contributed by atoms with van der Waals surface area (Å²) in [5.74, 6) is 0.808. The molecule has 6 N–H and O–H groups in total. The van der Waals surface area contributed by atoms with Crippen molar-refractivity contribution in [1.82, 2.24) is 40.3 Å². The Balaban J connectivity index is 0.000000197. The van der Waals surface area contributed by atoms with E-state index in [2.05, 4.69) is 55.0 Å². The number of carbonyl (C=O) groups excluding carboxylic acids is 2. The first-order valence-electron chi connectivity index (χ1n) is 34.7. The number of amides is 2. The number of nitrogens with two attached hydrogens (primary N) is 1. The minimum Gasteiger partial charge on any atom is -0.508 e. The highest BCUT2D eigenvalue weighted by atomic mass is 35.5. The van der Waals surface area contributed by atoms with Crippen molar-refractivity contribution in [2.45, 2.75) is 53.9 Å². The van der Waals surface area contributed by atoms with Gasteiger partial charge in [0.15, 0.2) is 0 Å². The fourth-order valence-corrected chi connectivity index (χ4v) is 11.6. The quantitative estimate of drug-likeness (QED) is 0.0264. The van der Waals surface area contributed by atoms with Gasteiger partial charge in [-0.15, -0.1) is 0 Å². The predicted molar refractivity (Wildman–Crippen MR) is 400 cm³/mol. The van der Waals surface area contributed by atoms with Crippen LogP contribution >= 0.6 is 23.2 Å². The fourth-order valence-electron chi connectivity index (χ4n) is 11.2. The molecule has 552 valence electrons. The van der Waals surface area contributed by atoms with Crippen molar-refractivity contribution in [2.24, 2.45) is 5.73 Å². The van der Waals surface area contributed by atoms with Crippen LogP contribution < -0.4 is 50.0 Å². The molecular weight excluding hydrogens is 1360 g/mol. The van der Waals surface area contributed by atoms with Crippen LogP contribution in [0.3, 0.4) is 0 Å². The number of nitrogens with zero attached hydrogens (tertiary/aromatic N) is 9. The van der Waals surface area contributed by atoms with Crippen LogP contribution in [-0.2, 0) is 0 Å². The van der Waals surface area contributed by atoms with E-state index < -0.39 is 5.97 Å². The van der Waals surface area contributed by atoms with Crippen molar-refractivity contribution < 1.29 is 56.7 Å². The van der Waals surface area contributed by atoms with Crippen molar-refractivity contribution in [3.8, 4) is 34.6 Å². The molecule has 26 heteroatoms. The van der Waals surface area contributed by atoms with E-state index in [9.17, 15) is 27.6 Å². The van der Waals surface area contributed by atoms with Gasteiger partial charge in [-0.05, 0) is 177 Å². The minimum atomic E-state index is -1.06. The molecule has 0 atom stereocenters. The van der Waals surface area contributed by atoms with Crippen LogP contribution in [0.1, 0.15) is 82.2 Å². The van der Waals surface area contributed by atoms with Crippen molar-refractivity contribution >= 4 is 58.0 Å². The first-order chi connectivity index (χ1) is 49.9. The highest BCUT2D eigenvalue weighted by molar-refractivity contribution is 6.32. The number of aromatic hydroxyl groups is 1. The molecule has 0 bridgehead atoms. The van der Waals surface area contributed by atoms with E-state index in [4.69, 9.17) is 58.1 Å². The van der Waals surface area contributed by atoms with E-state index in [1.807, 2.05) is 77.1 Å². The molecule has 3 saturated heterocycles. The Labute approximate surface area is 612 Å². The van der Waals surface area contributed by atoms with Crippen LogP contribution in [0.4, 0.5) is 30.2 Å². The molecule has 0 saturated carbocycles. The van der Waals surface area contributed by atoms with Gasteiger partial charge in [-0.25, -0.2) is 32.9 Å². The second-order valence-corrected chi connectivity index (χ2v) is 24.8. The van der Waals surface area contributed by atoms with Crippen LogP contribution in [0.2, 0.25) is 10.3 Å². The van der Waals surface area contributed by atoms with E-state index in [1.54, 1.807) is 60.9 Å². The van der Waals surface area contributed by atoms with Gasteiger partial charge in [0.25, 0.3) is 11.8 Å². The van der Waals surface area contributed by atoms with Gasteiger partial charge in [0.2, 0.25) is 5.88 Å². The Morgan fingerprint density at radius 3 is 1.20 bits per heavy atom. The Hall–Kier alpha value is -9.43. The highest BCUT2D eigenvalue weighted by Gasteiger charge is 2.24. The van der Waals surface area contributed by atoms with Gasteiger partial charge >= 0.3 is 5.97 Å². The minimum absolute atomic E-state index is 0.0231. The zero-order chi connectivity index (χ0) is 73.9. The molecule has 3 aliphatic rings. The van der Waals surface area contributed by atoms with Crippen LogP contribution in [0, 0.1) is 31.3 Å². The van der Waals surface area contributed by atoms with Gasteiger partial charge in [-0.3, -0.25) is 24.3 Å². The molecule has 6 heterocycles. The van der Waals surface area contributed by atoms with E-state index in [0.29, 0.717) is 78.7 Å². The predicted octanol–water partition coefficient (Wildman–Crippen LogP) is 12.7. The zero-order valence-corrected chi connectivity index (χ0v) is 60.7. The van der Waals surface area contributed by atoms with Gasteiger partial charge in [-0.1, -0.05) is 58.6 Å². The van der Waals surface area contributed by atoms with Crippen molar-refractivity contribution in [3.63, 3.8) is 0 Å². The molecule has 2 amide bonds. The van der Waals surface area contributed by atoms with E-state index in [0.717, 1.165) is 147 Å². The van der Waals surface area contributed by atoms with Gasteiger partial charge in [0.05, 0.1) is 48.0 Å². The summed E-state index contributed by atoms with van der Waals surface area (Å²) in [6, 6.07) is 38.7. The Bertz CT molecular complexity index is 3870. The molecule has 0 spiro atoms. The van der Waals surface area contributed by atoms with Crippen LogP contribution in [0.25, 0.3) is 0 Å². The largest absolute Gasteiger partial charge is 0.508 e. The second-order valence-electron chi connectivity index (χ2n) is 24.1. The summed E-state index contributed by atoms with van der Waals surface area (Å²) < 4.78 is 63.1. The summed E-state index contributed by atoms with van der Waals surface area (Å²) in [5, 5.41) is 23.3. The van der Waals surface area contributed by atoms with Gasteiger partial charge in [0, 0.05) is 128 Å². The maximum Gasteiger partial charge on any atom is 0.338 e. The summed E-state index contributed by atoms with van der Waals surface area (Å²) in [4.78, 5) is 60.9. The molecule has 11 rings (SSSR count). The summed E-state index contributed by atoms with van der Waals surface area (Å²) in [6.45, 7) is 26.9. The van der Waals surface area contributed by atoms with Crippen LogP contribution in [-0.4, -0.2) is 195 Å². The van der Waals surface area contributed by atoms with Crippen molar-refractivity contribution in [3.05, 3.63) is 214 Å². The smallest absolute Gasteiger partial charge is 0.338 e. The number of phenols is 1. The SMILES string of the molecule is CCOc1cc(F)ccc1N1CCN(CCCN)CC1.CCOc1cc(F)ccc1N1CCN(CCCNC(=O)c2cccnc2Cl)CC1.CCOc1cc(F)ccc1N1CCN(CCCNC(=O)c2cccnc2Oc2ccc(C)cc2)CC1.Cc1ccc(O)cc1.O=C(O)c1cccnc1Cl. The zero-order valence-electron chi connectivity index (χ0n) is 59.2. The second kappa shape index (κ2) is 43.5. The number of hydrogen-bond acceptors (Lipinski definition) is 18. The van der Waals surface area contributed by atoms with Crippen molar-refractivity contribution in [2.75, 3.05) is 152 Å². The summed E-state index contributed by atoms with van der Waals surface area (Å²) in [6.07, 6.45) is 7.34. The third-order valence-electron chi connectivity index (χ3n) is 16.6. The number of aromatic carboxylic acids is 1. The van der Waals surface area contributed by atoms with Gasteiger partial charge in [0.1, 0.15) is 62.1 Å². The van der Waals surface area contributed by atoms with E-state index >= 15 is 0 Å². The maximum absolute atomic E-state index is 13.6. The molecule has 0 unspecified atom stereocenters. The van der Waals surface area contributed by atoms with Gasteiger partial charge in [-0.2, -0.15) is 0 Å². The molecule has 0 aliphatic carbocycles. The number of nitrogens with one attached hydrogen (secondary N) is 2. The molecule has 103 heavy (non-hydrogen) atoms. The third-order valence-corrected chi connectivity index (χ3v) is 17.2. The summed E-state index contributed by atoms with van der Waals surface area (Å²) in [7, 11) is 0. The maximum atomic E-state index is 13.6. The lowest BCUT2D eigenvalue weighted by Crippen LogP contribution is -2.47. The lowest BCUT2D eigenvalue weighted by Gasteiger charge is -2.36. The number of ether oxygens (including phenoxy) is 4. The van der Waals surface area contributed by atoms with E-state index in [-0.39, 0.29) is 45.1 Å².